The molecule has 1 aromatic carbocycles. The van der Waals surface area contributed by atoms with Gasteiger partial charge in [-0.1, -0.05) is 25.1 Å². The van der Waals surface area contributed by atoms with Crippen molar-refractivity contribution in [2.45, 2.75) is 43.9 Å². The summed E-state index contributed by atoms with van der Waals surface area (Å²) in [5.74, 6) is -0.182. The van der Waals surface area contributed by atoms with Crippen LogP contribution in [-0.2, 0) is 20.3 Å². The number of carbonyl (C=O) groups excluding carboxylic acids is 1. The first kappa shape index (κ1) is 28.7. The van der Waals surface area contributed by atoms with Crippen molar-refractivity contribution in [1.82, 2.24) is 15.2 Å². The van der Waals surface area contributed by atoms with Crippen LogP contribution in [0, 0.1) is 5.92 Å². The van der Waals surface area contributed by atoms with E-state index in [-0.39, 0.29) is 24.5 Å². The average molecular weight is 545 g/mol. The zero-order chi connectivity index (χ0) is 27.1. The molecule has 36 heavy (non-hydrogen) atoms. The van der Waals surface area contributed by atoms with Crippen molar-refractivity contribution in [2.75, 3.05) is 20.2 Å². The van der Waals surface area contributed by atoms with E-state index in [0.717, 1.165) is 18.4 Å². The molecular formula is C22H33N3O9P2. The maximum Gasteiger partial charge on any atom is 0.369 e. The molecule has 3 atom stereocenters. The van der Waals surface area contributed by atoms with E-state index < -0.39 is 20.3 Å². The fourth-order valence-corrected chi connectivity index (χ4v) is 5.73. The van der Waals surface area contributed by atoms with Crippen LogP contribution in [0.3, 0.4) is 0 Å². The third-order valence-corrected chi connectivity index (χ3v) is 10.5. The van der Waals surface area contributed by atoms with Gasteiger partial charge in [-0.3, -0.25) is 18.8 Å². The van der Waals surface area contributed by atoms with Gasteiger partial charge in [0.25, 0.3) is 5.08 Å². The number of amides is 1. The van der Waals surface area contributed by atoms with Crippen LogP contribution in [0.5, 0.6) is 0 Å². The van der Waals surface area contributed by atoms with E-state index in [1.807, 2.05) is 6.92 Å². The summed E-state index contributed by atoms with van der Waals surface area (Å²) in [6, 6.07) is 6.49. The summed E-state index contributed by atoms with van der Waals surface area (Å²) in [7, 11) is -8.30. The van der Waals surface area contributed by atoms with Crippen LogP contribution in [0.15, 0.2) is 30.5 Å². The summed E-state index contributed by atoms with van der Waals surface area (Å²) >= 11 is 0. The fourth-order valence-electron chi connectivity index (χ4n) is 4.37. The molecule has 14 heteroatoms. The number of likely N-dealkylation sites (N-methyl/N-ethyl adjacent to an activating group) is 1. The minimum atomic E-state index is -5.20. The SMILES string of the molecule is CC(O)(P(=O)(O)O)P(=O)(O)O.CC[C@@H](CO)NC(=O)[C@@H]1C=C2c3cccc4[nH]cc(c34)C[C@H]2N(C)C1. The number of fused-ring (bicyclic) bond motifs is 2. The third-order valence-electron chi connectivity index (χ3n) is 6.77. The number of rotatable bonds is 6. The monoisotopic (exact) mass is 545 g/mol. The van der Waals surface area contributed by atoms with Crippen molar-refractivity contribution in [3.05, 3.63) is 41.6 Å². The van der Waals surface area contributed by atoms with E-state index in [4.69, 9.17) is 24.7 Å². The molecule has 1 aliphatic heterocycles. The molecular weight excluding hydrogens is 512 g/mol. The molecule has 2 aliphatic rings. The average Bonchev–Trinajstić information content (AvgIpc) is 3.21. The molecule has 200 valence electrons. The van der Waals surface area contributed by atoms with Crippen LogP contribution in [0.4, 0.5) is 0 Å². The van der Waals surface area contributed by atoms with E-state index in [0.29, 0.717) is 19.5 Å². The lowest BCUT2D eigenvalue weighted by Gasteiger charge is -2.39. The molecule has 0 fully saturated rings. The Balaban J connectivity index is 0.000000280. The number of H-pyrrole nitrogens is 1. The molecule has 0 radical (unpaired) electrons. The number of aliphatic hydroxyl groups is 2. The van der Waals surface area contributed by atoms with Crippen LogP contribution in [0.1, 0.15) is 31.4 Å². The van der Waals surface area contributed by atoms with E-state index in [1.165, 1.54) is 22.1 Å². The Labute approximate surface area is 208 Å². The van der Waals surface area contributed by atoms with Gasteiger partial charge in [0.05, 0.1) is 18.6 Å². The number of hydrogen-bond acceptors (Lipinski definition) is 6. The molecule has 1 aliphatic carbocycles. The van der Waals surface area contributed by atoms with E-state index in [9.17, 15) is 19.0 Å². The van der Waals surface area contributed by atoms with Gasteiger partial charge in [-0.2, -0.15) is 0 Å². The number of aliphatic hydroxyl groups excluding tert-OH is 1. The second-order valence-corrected chi connectivity index (χ2v) is 13.6. The zero-order valence-corrected chi connectivity index (χ0v) is 22.0. The van der Waals surface area contributed by atoms with Crippen molar-refractivity contribution in [1.29, 1.82) is 0 Å². The van der Waals surface area contributed by atoms with Gasteiger partial charge >= 0.3 is 15.2 Å². The number of nitrogens with one attached hydrogen (secondary N) is 2. The van der Waals surface area contributed by atoms with Crippen LogP contribution in [0.2, 0.25) is 0 Å². The van der Waals surface area contributed by atoms with Gasteiger partial charge in [-0.15, -0.1) is 0 Å². The highest BCUT2D eigenvalue weighted by Gasteiger charge is 2.55. The normalized spacial score (nSPS) is 21.2. The van der Waals surface area contributed by atoms with Gasteiger partial charge in [0, 0.05) is 29.7 Å². The first-order valence-corrected chi connectivity index (χ1v) is 14.6. The Kier molecular flexibility index (Phi) is 8.37. The quantitative estimate of drug-likeness (QED) is 0.241. The summed E-state index contributed by atoms with van der Waals surface area (Å²) in [5, 5.41) is 19.0. The van der Waals surface area contributed by atoms with Crippen molar-refractivity contribution in [3.63, 3.8) is 0 Å². The highest BCUT2D eigenvalue weighted by molar-refractivity contribution is 7.71. The fraction of sp³-hybridized carbons (Fsp3) is 0.500. The van der Waals surface area contributed by atoms with Gasteiger partial charge in [0.1, 0.15) is 0 Å². The predicted molar refractivity (Wildman–Crippen MR) is 134 cm³/mol. The number of aromatic nitrogens is 1. The summed E-state index contributed by atoms with van der Waals surface area (Å²) in [4.78, 5) is 51.3. The molecule has 2 aromatic rings. The van der Waals surface area contributed by atoms with E-state index in [2.05, 4.69) is 52.7 Å². The largest absolute Gasteiger partial charge is 0.394 e. The maximum absolute atomic E-state index is 12.7. The smallest absolute Gasteiger partial charge is 0.369 e. The molecule has 2 heterocycles. The number of aromatic amines is 1. The number of nitrogens with zero attached hydrogens (tertiary/aromatic N) is 1. The van der Waals surface area contributed by atoms with Gasteiger partial charge in [0.15, 0.2) is 0 Å². The number of benzene rings is 1. The Hall–Kier alpha value is -1.85. The lowest BCUT2D eigenvalue weighted by atomic mass is 9.80. The minimum absolute atomic E-state index is 0.00532. The highest BCUT2D eigenvalue weighted by atomic mass is 31.2. The summed E-state index contributed by atoms with van der Waals surface area (Å²) in [5.41, 5.74) is 5.01. The lowest BCUT2D eigenvalue weighted by molar-refractivity contribution is -0.125. The van der Waals surface area contributed by atoms with Gasteiger partial charge in [-0.25, -0.2) is 0 Å². The van der Waals surface area contributed by atoms with Crippen LogP contribution in [0.25, 0.3) is 16.5 Å². The molecule has 0 spiro atoms. The maximum atomic E-state index is 12.7. The zero-order valence-electron chi connectivity index (χ0n) is 20.2. The molecule has 1 amide bonds. The number of hydrogen-bond donors (Lipinski definition) is 8. The molecule has 12 nitrogen and oxygen atoms in total. The highest BCUT2D eigenvalue weighted by Crippen LogP contribution is 2.66. The molecule has 0 bridgehead atoms. The summed E-state index contributed by atoms with van der Waals surface area (Å²) in [6.07, 6.45) is 5.97. The van der Waals surface area contributed by atoms with Gasteiger partial charge in [-0.05, 0) is 49.6 Å². The van der Waals surface area contributed by atoms with Gasteiger partial charge < -0.3 is 40.1 Å². The van der Waals surface area contributed by atoms with E-state index in [1.54, 1.807) is 0 Å². The van der Waals surface area contributed by atoms with Crippen LogP contribution < -0.4 is 5.32 Å². The Bertz CT molecular complexity index is 1220. The molecule has 4 rings (SSSR count). The number of carbonyl (C=O) groups is 1. The van der Waals surface area contributed by atoms with Crippen molar-refractivity contribution in [2.24, 2.45) is 5.92 Å². The van der Waals surface area contributed by atoms with Crippen LogP contribution >= 0.6 is 15.2 Å². The standard InChI is InChI=1S/C20H25N3O2.C2H8O7P2/c1-3-14(11-24)22-20(25)13-7-16-15-5-4-6-17-19(15)12(9-21-17)8-18(16)23(2)10-13;1-2(3,10(4,5)6)11(7,8)9/h4-7,9,13-14,18,21,24H,3,8,10-11H2,1-2H3,(H,22,25);3H,1H3,(H2,4,5,6)(H2,7,8,9)/t13-,14+,18-;/m1./s1. The molecule has 0 saturated carbocycles. The first-order valence-electron chi connectivity index (χ1n) is 11.4. The third kappa shape index (κ3) is 5.52. The molecule has 0 unspecified atom stereocenters. The Morgan fingerprint density at radius 3 is 2.42 bits per heavy atom. The second kappa shape index (κ2) is 10.5. The topological polar surface area (TPSA) is 204 Å². The van der Waals surface area contributed by atoms with Crippen molar-refractivity contribution >= 4 is 37.6 Å². The Morgan fingerprint density at radius 2 is 1.89 bits per heavy atom. The second-order valence-electron chi connectivity index (χ2n) is 9.29. The lowest BCUT2D eigenvalue weighted by Crippen LogP contribution is -2.48. The predicted octanol–water partition coefficient (Wildman–Crippen LogP) is 0.932. The Morgan fingerprint density at radius 1 is 1.25 bits per heavy atom. The molecule has 1 aromatic heterocycles. The van der Waals surface area contributed by atoms with Crippen molar-refractivity contribution in [3.8, 4) is 0 Å². The molecule has 0 saturated heterocycles. The summed E-state index contributed by atoms with van der Waals surface area (Å²) in [6.45, 7) is 3.04. The van der Waals surface area contributed by atoms with E-state index >= 15 is 0 Å². The minimum Gasteiger partial charge on any atom is -0.394 e. The summed E-state index contributed by atoms with van der Waals surface area (Å²) < 4.78 is 20.5. The molecule has 8 N–H and O–H groups in total. The van der Waals surface area contributed by atoms with Crippen LogP contribution in [-0.4, -0.2) is 82.9 Å². The van der Waals surface area contributed by atoms with Gasteiger partial charge in [0.2, 0.25) is 5.91 Å². The van der Waals surface area contributed by atoms with Crippen molar-refractivity contribution < 1.29 is 43.7 Å². The first-order chi connectivity index (χ1) is 16.6.